The Morgan fingerprint density at radius 3 is 2.17 bits per heavy atom. The number of carbonyl (C=O) groups is 1. The first-order chi connectivity index (χ1) is 10.7. The first-order valence-electron chi connectivity index (χ1n) is 7.78. The second kappa shape index (κ2) is 5.05. The lowest BCUT2D eigenvalue weighted by molar-refractivity contribution is -0.158. The van der Waals surface area contributed by atoms with Crippen molar-refractivity contribution in [2.75, 3.05) is 0 Å². The second-order valence-electron chi connectivity index (χ2n) is 6.71. The molecular formula is C18H20F2O3. The SMILES string of the molecule is Cc1cc(C)c(C2=C(O)C3(CCC(F)(F)CC3)OC2=O)cc1C. The summed E-state index contributed by atoms with van der Waals surface area (Å²) in [5.41, 5.74) is 2.39. The van der Waals surface area contributed by atoms with Gasteiger partial charge < -0.3 is 9.84 Å². The van der Waals surface area contributed by atoms with Crippen LogP contribution in [-0.2, 0) is 9.53 Å². The van der Waals surface area contributed by atoms with Crippen LogP contribution in [0.4, 0.5) is 8.78 Å². The molecule has 1 N–H and O–H groups in total. The molecule has 5 heteroatoms. The molecule has 1 aromatic carbocycles. The zero-order valence-corrected chi connectivity index (χ0v) is 13.5. The van der Waals surface area contributed by atoms with Gasteiger partial charge in [0.1, 0.15) is 5.57 Å². The van der Waals surface area contributed by atoms with Crippen molar-refractivity contribution in [3.05, 3.63) is 40.1 Å². The van der Waals surface area contributed by atoms with Crippen molar-refractivity contribution in [2.45, 2.75) is 58.0 Å². The summed E-state index contributed by atoms with van der Waals surface area (Å²) in [4.78, 5) is 12.3. The molecule has 0 radical (unpaired) electrons. The van der Waals surface area contributed by atoms with E-state index >= 15 is 0 Å². The smallest absolute Gasteiger partial charge is 0.343 e. The molecule has 1 fully saturated rings. The average Bonchev–Trinajstić information content (AvgIpc) is 2.70. The Labute approximate surface area is 134 Å². The largest absolute Gasteiger partial charge is 0.507 e. The molecule has 1 spiro atoms. The van der Waals surface area contributed by atoms with Gasteiger partial charge in [0.05, 0.1) is 0 Å². The number of alkyl halides is 2. The third-order valence-corrected chi connectivity index (χ3v) is 5.06. The fourth-order valence-electron chi connectivity index (χ4n) is 3.43. The second-order valence-corrected chi connectivity index (χ2v) is 6.71. The molecule has 1 aliphatic carbocycles. The lowest BCUT2D eigenvalue weighted by Gasteiger charge is -2.35. The highest BCUT2D eigenvalue weighted by molar-refractivity contribution is 6.20. The lowest BCUT2D eigenvalue weighted by atomic mass is 9.80. The van der Waals surface area contributed by atoms with Gasteiger partial charge in [0.25, 0.3) is 0 Å². The fraction of sp³-hybridized carbons (Fsp3) is 0.500. The third kappa shape index (κ3) is 2.52. The van der Waals surface area contributed by atoms with Crippen LogP contribution in [0.1, 0.15) is 47.9 Å². The zero-order valence-electron chi connectivity index (χ0n) is 13.5. The molecule has 1 saturated carbocycles. The molecule has 0 unspecified atom stereocenters. The predicted octanol–water partition coefficient (Wildman–Crippen LogP) is 4.39. The highest BCUT2D eigenvalue weighted by atomic mass is 19.3. The average molecular weight is 322 g/mol. The van der Waals surface area contributed by atoms with Crippen molar-refractivity contribution >= 4 is 11.5 Å². The first-order valence-corrected chi connectivity index (χ1v) is 7.78. The first kappa shape index (κ1) is 16.0. The fourth-order valence-corrected chi connectivity index (χ4v) is 3.43. The van der Waals surface area contributed by atoms with Crippen LogP contribution in [0.25, 0.3) is 5.57 Å². The van der Waals surface area contributed by atoms with Crippen molar-refractivity contribution in [3.8, 4) is 0 Å². The van der Waals surface area contributed by atoms with Crippen molar-refractivity contribution in [3.63, 3.8) is 0 Å². The van der Waals surface area contributed by atoms with Gasteiger partial charge in [-0.1, -0.05) is 12.1 Å². The summed E-state index contributed by atoms with van der Waals surface area (Å²) in [6.07, 6.45) is -0.872. The zero-order chi connectivity index (χ0) is 17.0. The number of esters is 1. The van der Waals surface area contributed by atoms with E-state index in [0.29, 0.717) is 5.56 Å². The predicted molar refractivity (Wildman–Crippen MR) is 82.4 cm³/mol. The molecule has 0 amide bonds. The van der Waals surface area contributed by atoms with Crippen LogP contribution in [0.2, 0.25) is 0 Å². The van der Waals surface area contributed by atoms with Gasteiger partial charge in [-0.3, -0.25) is 0 Å². The number of ether oxygens (including phenoxy) is 1. The molecule has 3 rings (SSSR count). The monoisotopic (exact) mass is 322 g/mol. The van der Waals surface area contributed by atoms with Gasteiger partial charge in [0, 0.05) is 25.7 Å². The van der Waals surface area contributed by atoms with Crippen LogP contribution >= 0.6 is 0 Å². The molecular weight excluding hydrogens is 302 g/mol. The maximum Gasteiger partial charge on any atom is 0.343 e. The van der Waals surface area contributed by atoms with E-state index in [1.54, 1.807) is 0 Å². The number of rotatable bonds is 1. The van der Waals surface area contributed by atoms with E-state index < -0.39 is 17.5 Å². The standard InChI is InChI=1S/C18H20F2O3/c1-10-8-12(3)13(9-11(10)2)14-15(21)17(23-16(14)22)4-6-18(19,20)7-5-17/h8-9,21H,4-7H2,1-3H3. The highest BCUT2D eigenvalue weighted by Gasteiger charge is 2.54. The number of benzene rings is 1. The van der Waals surface area contributed by atoms with E-state index in [2.05, 4.69) is 0 Å². The van der Waals surface area contributed by atoms with Crippen LogP contribution in [0.3, 0.4) is 0 Å². The Morgan fingerprint density at radius 2 is 1.57 bits per heavy atom. The molecule has 0 aromatic heterocycles. The van der Waals surface area contributed by atoms with E-state index in [9.17, 15) is 18.7 Å². The summed E-state index contributed by atoms with van der Waals surface area (Å²) < 4.78 is 32.2. The number of hydrogen-bond acceptors (Lipinski definition) is 3. The number of aliphatic hydroxyl groups is 1. The number of aliphatic hydroxyl groups excluding tert-OH is 1. The molecule has 1 aliphatic heterocycles. The number of carbonyl (C=O) groups excluding carboxylic acids is 1. The minimum atomic E-state index is -2.75. The van der Waals surface area contributed by atoms with Gasteiger partial charge in [0.15, 0.2) is 11.4 Å². The molecule has 23 heavy (non-hydrogen) atoms. The van der Waals surface area contributed by atoms with E-state index in [4.69, 9.17) is 4.74 Å². The molecule has 1 heterocycles. The van der Waals surface area contributed by atoms with E-state index in [0.717, 1.165) is 16.7 Å². The maximum atomic E-state index is 13.4. The molecule has 124 valence electrons. The van der Waals surface area contributed by atoms with Crippen LogP contribution in [0.15, 0.2) is 17.9 Å². The van der Waals surface area contributed by atoms with E-state index in [1.807, 2.05) is 32.9 Å². The minimum absolute atomic E-state index is 0.0506. The Balaban J connectivity index is 2.06. The number of hydrogen-bond donors (Lipinski definition) is 1. The van der Waals surface area contributed by atoms with Gasteiger partial charge in [-0.15, -0.1) is 0 Å². The van der Waals surface area contributed by atoms with E-state index in [1.165, 1.54) is 0 Å². The Bertz CT molecular complexity index is 709. The lowest BCUT2D eigenvalue weighted by Crippen LogP contribution is -2.40. The molecule has 3 nitrogen and oxygen atoms in total. The van der Waals surface area contributed by atoms with Crippen molar-refractivity contribution in [1.82, 2.24) is 0 Å². The van der Waals surface area contributed by atoms with Gasteiger partial charge in [-0.2, -0.15) is 0 Å². The minimum Gasteiger partial charge on any atom is -0.507 e. The summed E-state index contributed by atoms with van der Waals surface area (Å²) in [6.45, 7) is 5.75. The highest BCUT2D eigenvalue weighted by Crippen LogP contribution is 2.49. The normalized spacial score (nSPS) is 22.6. The van der Waals surface area contributed by atoms with Gasteiger partial charge in [-0.05, 0) is 43.0 Å². The van der Waals surface area contributed by atoms with Crippen LogP contribution in [-0.4, -0.2) is 22.6 Å². The summed E-state index contributed by atoms with van der Waals surface area (Å²) >= 11 is 0. The quantitative estimate of drug-likeness (QED) is 0.780. The summed E-state index contributed by atoms with van der Waals surface area (Å²) in [7, 11) is 0. The van der Waals surface area contributed by atoms with Crippen LogP contribution < -0.4 is 0 Å². The summed E-state index contributed by atoms with van der Waals surface area (Å²) in [5.74, 6) is -3.57. The Kier molecular flexibility index (Phi) is 3.50. The van der Waals surface area contributed by atoms with Crippen molar-refractivity contribution in [1.29, 1.82) is 0 Å². The van der Waals surface area contributed by atoms with Crippen molar-refractivity contribution in [2.24, 2.45) is 0 Å². The number of aryl methyl sites for hydroxylation is 3. The summed E-state index contributed by atoms with van der Waals surface area (Å²) in [6, 6.07) is 3.78. The number of halogens is 2. The molecule has 2 aliphatic rings. The van der Waals surface area contributed by atoms with Gasteiger partial charge in [-0.25, -0.2) is 13.6 Å². The maximum absolute atomic E-state index is 13.4. The van der Waals surface area contributed by atoms with Gasteiger partial charge in [0.2, 0.25) is 5.92 Å². The van der Waals surface area contributed by atoms with Crippen LogP contribution in [0, 0.1) is 20.8 Å². The Morgan fingerprint density at radius 1 is 1.00 bits per heavy atom. The van der Waals surface area contributed by atoms with Crippen molar-refractivity contribution < 1.29 is 23.4 Å². The topological polar surface area (TPSA) is 46.5 Å². The summed E-state index contributed by atoms with van der Waals surface area (Å²) in [5, 5.41) is 10.6. The van der Waals surface area contributed by atoms with Gasteiger partial charge >= 0.3 is 5.97 Å². The molecule has 0 saturated heterocycles. The van der Waals surface area contributed by atoms with E-state index in [-0.39, 0.29) is 37.0 Å². The third-order valence-electron chi connectivity index (χ3n) is 5.06. The molecule has 0 bridgehead atoms. The Hall–Kier alpha value is -1.91. The molecule has 0 atom stereocenters. The molecule has 1 aromatic rings. The van der Waals surface area contributed by atoms with Crippen LogP contribution in [0.5, 0.6) is 0 Å².